The third-order valence-electron chi connectivity index (χ3n) is 4.47. The smallest absolute Gasteiger partial charge is 0.0864 e. The molecule has 1 aliphatic heterocycles. The first-order chi connectivity index (χ1) is 7.88. The maximum atomic E-state index is 10.2. The van der Waals surface area contributed by atoms with Crippen LogP contribution in [0.15, 0.2) is 11.6 Å². The second kappa shape index (κ2) is 4.74. The van der Waals surface area contributed by atoms with E-state index in [1.54, 1.807) is 0 Å². The molecule has 2 nitrogen and oxygen atoms in total. The summed E-state index contributed by atoms with van der Waals surface area (Å²) >= 11 is 0. The Labute approximate surface area is 105 Å². The largest absolute Gasteiger partial charge is 0.388 e. The van der Waals surface area contributed by atoms with E-state index in [0.29, 0.717) is 11.8 Å². The number of fused-ring (bicyclic) bond motifs is 1. The molecular weight excluding hydrogens is 212 g/mol. The first-order valence-electron chi connectivity index (χ1n) is 6.93. The molecular formula is C15H26O2. The molecule has 1 saturated heterocycles. The summed E-state index contributed by atoms with van der Waals surface area (Å²) in [6.07, 6.45) is 7.08. The Bertz CT molecular complexity index is 301. The quantitative estimate of drug-likeness (QED) is 0.710. The maximum Gasteiger partial charge on any atom is 0.0864 e. The molecule has 17 heavy (non-hydrogen) atoms. The van der Waals surface area contributed by atoms with Crippen LogP contribution in [0.5, 0.6) is 0 Å². The molecule has 0 radical (unpaired) electrons. The number of hydrogen-bond donors (Lipinski definition) is 1. The fourth-order valence-corrected chi connectivity index (χ4v) is 3.20. The van der Waals surface area contributed by atoms with Crippen LogP contribution in [0.1, 0.15) is 53.4 Å². The number of allylic oxidation sites excluding steroid dienone is 1. The van der Waals surface area contributed by atoms with Crippen LogP contribution < -0.4 is 0 Å². The zero-order valence-electron chi connectivity index (χ0n) is 11.6. The number of aliphatic hydroxyl groups is 1. The lowest BCUT2D eigenvalue weighted by molar-refractivity contribution is -0.115. The van der Waals surface area contributed by atoms with Gasteiger partial charge >= 0.3 is 0 Å². The van der Waals surface area contributed by atoms with Gasteiger partial charge in [-0.2, -0.15) is 0 Å². The van der Waals surface area contributed by atoms with Crippen LogP contribution in [0.3, 0.4) is 0 Å². The van der Waals surface area contributed by atoms with Crippen LogP contribution in [0.4, 0.5) is 0 Å². The van der Waals surface area contributed by atoms with Gasteiger partial charge in [0.2, 0.25) is 0 Å². The minimum atomic E-state index is -0.728. The summed E-state index contributed by atoms with van der Waals surface area (Å²) in [6.45, 7) is 8.25. The average Bonchev–Trinajstić information content (AvgIpc) is 2.37. The summed E-state index contributed by atoms with van der Waals surface area (Å²) in [7, 11) is 0. The molecule has 0 unspecified atom stereocenters. The van der Waals surface area contributed by atoms with Crippen molar-refractivity contribution < 1.29 is 9.84 Å². The van der Waals surface area contributed by atoms with Crippen molar-refractivity contribution >= 4 is 0 Å². The summed E-state index contributed by atoms with van der Waals surface area (Å²) in [5.74, 6) is 1.35. The summed E-state index contributed by atoms with van der Waals surface area (Å²) < 4.78 is 6.19. The summed E-state index contributed by atoms with van der Waals surface area (Å²) in [6, 6.07) is 0. The number of hydrogen-bond acceptors (Lipinski definition) is 2. The van der Waals surface area contributed by atoms with E-state index in [9.17, 15) is 5.11 Å². The molecule has 0 aromatic rings. The van der Waals surface area contributed by atoms with Gasteiger partial charge < -0.3 is 9.84 Å². The van der Waals surface area contributed by atoms with Gasteiger partial charge in [0.15, 0.2) is 0 Å². The zero-order chi connectivity index (χ0) is 12.6. The lowest BCUT2D eigenvalue weighted by atomic mass is 9.78. The van der Waals surface area contributed by atoms with E-state index in [4.69, 9.17) is 4.74 Å². The highest BCUT2D eigenvalue weighted by molar-refractivity contribution is 5.10. The highest BCUT2D eigenvalue weighted by Crippen LogP contribution is 2.39. The Morgan fingerprint density at radius 3 is 2.65 bits per heavy atom. The second-order valence-electron chi connectivity index (χ2n) is 6.51. The molecule has 0 aromatic heterocycles. The zero-order valence-corrected chi connectivity index (χ0v) is 11.6. The monoisotopic (exact) mass is 238 g/mol. The fourth-order valence-electron chi connectivity index (χ4n) is 3.20. The molecule has 1 fully saturated rings. The lowest BCUT2D eigenvalue weighted by Gasteiger charge is -2.35. The van der Waals surface area contributed by atoms with Gasteiger partial charge in [-0.3, -0.25) is 0 Å². The first kappa shape index (κ1) is 13.1. The minimum absolute atomic E-state index is 0.0258. The average molecular weight is 238 g/mol. The highest BCUT2D eigenvalue weighted by atomic mass is 16.5. The lowest BCUT2D eigenvalue weighted by Crippen LogP contribution is -2.41. The van der Waals surface area contributed by atoms with Crippen molar-refractivity contribution in [1.29, 1.82) is 0 Å². The Morgan fingerprint density at radius 1 is 1.29 bits per heavy atom. The third-order valence-corrected chi connectivity index (χ3v) is 4.47. The Balaban J connectivity index is 2.18. The van der Waals surface area contributed by atoms with Crippen LogP contribution in [0, 0.1) is 11.8 Å². The van der Waals surface area contributed by atoms with Crippen molar-refractivity contribution in [2.45, 2.75) is 71.2 Å². The molecule has 1 aliphatic carbocycles. The Morgan fingerprint density at radius 2 is 2.00 bits per heavy atom. The number of ether oxygens (including phenoxy) is 1. The van der Waals surface area contributed by atoms with Gasteiger partial charge in [0.05, 0.1) is 17.8 Å². The van der Waals surface area contributed by atoms with E-state index in [1.165, 1.54) is 24.8 Å². The van der Waals surface area contributed by atoms with Crippen LogP contribution in [-0.2, 0) is 4.74 Å². The van der Waals surface area contributed by atoms with E-state index < -0.39 is 5.60 Å². The molecule has 0 spiro atoms. The SMILES string of the molecule is CC1=C[C@H]2O[C@@H](C(C)(C)O)CC[C@H](C)[C@H]2CC1. The fraction of sp³-hybridized carbons (Fsp3) is 0.867. The molecule has 2 heteroatoms. The van der Waals surface area contributed by atoms with Crippen molar-refractivity contribution in [1.82, 2.24) is 0 Å². The maximum absolute atomic E-state index is 10.2. The molecule has 0 amide bonds. The molecule has 2 rings (SSSR count). The Kier molecular flexibility index (Phi) is 3.65. The van der Waals surface area contributed by atoms with E-state index in [1.807, 2.05) is 13.8 Å². The van der Waals surface area contributed by atoms with Crippen molar-refractivity contribution in [3.05, 3.63) is 11.6 Å². The highest BCUT2D eigenvalue weighted by Gasteiger charge is 2.38. The molecule has 1 N–H and O–H groups in total. The van der Waals surface area contributed by atoms with Gasteiger partial charge in [-0.15, -0.1) is 0 Å². The molecule has 2 aliphatic rings. The number of rotatable bonds is 1. The topological polar surface area (TPSA) is 29.5 Å². The molecule has 0 bridgehead atoms. The van der Waals surface area contributed by atoms with Gasteiger partial charge in [0, 0.05) is 0 Å². The Hall–Kier alpha value is -0.340. The van der Waals surface area contributed by atoms with Crippen LogP contribution >= 0.6 is 0 Å². The van der Waals surface area contributed by atoms with E-state index in [-0.39, 0.29) is 12.2 Å². The second-order valence-corrected chi connectivity index (χ2v) is 6.51. The van der Waals surface area contributed by atoms with Gasteiger partial charge in [-0.05, 0) is 58.3 Å². The summed E-state index contributed by atoms with van der Waals surface area (Å²) in [5, 5.41) is 10.2. The first-order valence-corrected chi connectivity index (χ1v) is 6.93. The molecule has 98 valence electrons. The van der Waals surface area contributed by atoms with Crippen molar-refractivity contribution in [3.8, 4) is 0 Å². The van der Waals surface area contributed by atoms with Gasteiger partial charge in [-0.25, -0.2) is 0 Å². The standard InChI is InChI=1S/C15H26O2/c1-10-5-7-12-11(2)6-8-14(15(3,4)16)17-13(12)9-10/h9,11-14,16H,5-8H2,1-4H3/t11-,12+,13+,14+/m0/s1. The van der Waals surface area contributed by atoms with E-state index in [2.05, 4.69) is 19.9 Å². The van der Waals surface area contributed by atoms with Crippen molar-refractivity contribution in [3.63, 3.8) is 0 Å². The van der Waals surface area contributed by atoms with E-state index in [0.717, 1.165) is 6.42 Å². The van der Waals surface area contributed by atoms with Gasteiger partial charge in [-0.1, -0.05) is 18.6 Å². The van der Waals surface area contributed by atoms with Crippen molar-refractivity contribution in [2.75, 3.05) is 0 Å². The van der Waals surface area contributed by atoms with Crippen molar-refractivity contribution in [2.24, 2.45) is 11.8 Å². The van der Waals surface area contributed by atoms with E-state index >= 15 is 0 Å². The summed E-state index contributed by atoms with van der Waals surface area (Å²) in [4.78, 5) is 0. The van der Waals surface area contributed by atoms with Crippen LogP contribution in [-0.4, -0.2) is 22.9 Å². The van der Waals surface area contributed by atoms with Crippen LogP contribution in [0.2, 0.25) is 0 Å². The van der Waals surface area contributed by atoms with Crippen LogP contribution in [0.25, 0.3) is 0 Å². The summed E-state index contributed by atoms with van der Waals surface area (Å²) in [5.41, 5.74) is 0.711. The molecule has 4 atom stereocenters. The van der Waals surface area contributed by atoms with Gasteiger partial charge in [0.25, 0.3) is 0 Å². The minimum Gasteiger partial charge on any atom is -0.388 e. The third kappa shape index (κ3) is 2.92. The normalized spacial score (nSPS) is 39.2. The predicted octanol–water partition coefficient (Wildman–Crippen LogP) is 3.30. The molecule has 0 saturated carbocycles. The molecule has 1 heterocycles. The molecule has 0 aromatic carbocycles. The predicted molar refractivity (Wildman–Crippen MR) is 69.8 cm³/mol. The van der Waals surface area contributed by atoms with Gasteiger partial charge in [0.1, 0.15) is 0 Å².